The zero-order valence-corrected chi connectivity index (χ0v) is 10.2. The summed E-state index contributed by atoms with van der Waals surface area (Å²) in [6.45, 7) is 0. The van der Waals surface area contributed by atoms with Crippen LogP contribution < -0.4 is 0 Å². The number of rotatable bonds is 0. The number of hydrogen-bond acceptors (Lipinski definition) is 0. The van der Waals surface area contributed by atoms with Crippen LogP contribution in [0.1, 0.15) is 0 Å². The molecule has 0 bridgehead atoms. The zero-order valence-electron chi connectivity index (χ0n) is 2.47. The van der Waals surface area contributed by atoms with Crippen LogP contribution in [0.25, 0.3) is 0 Å². The monoisotopic (exact) mass is 422 g/mol. The molecule has 0 radical (unpaired) electrons. The van der Waals surface area contributed by atoms with E-state index in [0.29, 0.717) is 0 Å². The van der Waals surface area contributed by atoms with Gasteiger partial charge in [-0.2, -0.15) is 0 Å². The van der Waals surface area contributed by atoms with Crippen LogP contribution in [0.5, 0.6) is 0 Å². The van der Waals surface area contributed by atoms with Crippen LogP contribution in [0.4, 0.5) is 0 Å². The summed E-state index contributed by atoms with van der Waals surface area (Å²) in [5, 5.41) is 0. The van der Waals surface area contributed by atoms with Gasteiger partial charge in [-0.15, -0.1) is 0 Å². The topological polar surface area (TPSA) is 0 Å². The Hall–Kier alpha value is 4.17. The van der Waals surface area contributed by atoms with Crippen molar-refractivity contribution in [1.29, 1.82) is 0 Å². The van der Waals surface area contributed by atoms with Crippen molar-refractivity contribution in [3.05, 3.63) is 0 Å². The molecular weight excluding hydrogens is 418 g/mol. The zero-order chi connectivity index (χ0) is 0. The molecule has 8 heteroatoms. The molecule has 62 valence electrons. The van der Waals surface area contributed by atoms with Crippen LogP contribution in [0.3, 0.4) is 0 Å². The van der Waals surface area contributed by atoms with Crippen LogP contribution in [-0.2, 0) is 119 Å². The van der Waals surface area contributed by atoms with Crippen LogP contribution in [0.15, 0.2) is 0 Å². The molecule has 0 N–H and O–H groups in total. The summed E-state index contributed by atoms with van der Waals surface area (Å²) >= 11 is 0. The van der Waals surface area contributed by atoms with Crippen molar-refractivity contribution in [2.24, 2.45) is 0 Å². The molecule has 0 saturated heterocycles. The van der Waals surface area contributed by atoms with Crippen molar-refractivity contribution in [3.8, 4) is 0 Å². The predicted octanol–water partition coefficient (Wildman–Crippen LogP) is -1.20. The van der Waals surface area contributed by atoms with Gasteiger partial charge in [0.2, 0.25) is 0 Å². The fourth-order valence-electron chi connectivity index (χ4n) is 0. The Bertz CT molecular complexity index is 4.35. The van der Waals surface area contributed by atoms with Gasteiger partial charge in [0.05, 0.1) is 0 Å². The van der Waals surface area contributed by atoms with Crippen molar-refractivity contribution in [1.82, 2.24) is 0 Å². The summed E-state index contributed by atoms with van der Waals surface area (Å²) in [4.78, 5) is 0. The minimum atomic E-state index is 0. The van der Waals surface area contributed by atoms with Crippen molar-refractivity contribution in [3.63, 3.8) is 0 Å². The molecule has 0 saturated carbocycles. The summed E-state index contributed by atoms with van der Waals surface area (Å²) in [6.07, 6.45) is 0. The standard InChI is InChI=1S/Al.7Fe.3H. The van der Waals surface area contributed by atoms with E-state index in [1.807, 2.05) is 0 Å². The normalized spacial score (nSPS) is 0. The van der Waals surface area contributed by atoms with Gasteiger partial charge >= 0.3 is 0 Å². The average Bonchev–Trinajstić information content (AvgIpc) is 0. The van der Waals surface area contributed by atoms with E-state index in [-0.39, 0.29) is 137 Å². The Morgan fingerprint density at radius 1 is 0.250 bits per heavy atom. The first-order valence-corrected chi connectivity index (χ1v) is 0. The van der Waals surface area contributed by atoms with E-state index in [2.05, 4.69) is 0 Å². The SMILES string of the molecule is [AlH3].[Fe].[Fe].[Fe].[Fe].[Fe].[Fe].[Fe]. The maximum absolute atomic E-state index is 0. The van der Waals surface area contributed by atoms with Crippen LogP contribution >= 0.6 is 0 Å². The van der Waals surface area contributed by atoms with E-state index >= 15 is 0 Å². The molecule has 0 rings (SSSR count). The van der Waals surface area contributed by atoms with E-state index in [9.17, 15) is 0 Å². The Balaban J connectivity index is 0. The van der Waals surface area contributed by atoms with Crippen LogP contribution in [0.2, 0.25) is 0 Å². The van der Waals surface area contributed by atoms with Crippen molar-refractivity contribution >= 4 is 17.4 Å². The first kappa shape index (κ1) is 87.3. The molecular formula is H3AlFe7. The second-order valence-electron chi connectivity index (χ2n) is 0. The third kappa shape index (κ3) is 49.2. The molecule has 0 aromatic carbocycles. The molecule has 0 aliphatic heterocycles. The van der Waals surface area contributed by atoms with Gasteiger partial charge < -0.3 is 0 Å². The molecule has 0 aliphatic rings. The number of hydrogen-bond donors (Lipinski definition) is 0. The summed E-state index contributed by atoms with van der Waals surface area (Å²) in [6, 6.07) is 0. The Morgan fingerprint density at radius 3 is 0.250 bits per heavy atom. The van der Waals surface area contributed by atoms with E-state index in [4.69, 9.17) is 0 Å². The summed E-state index contributed by atoms with van der Waals surface area (Å²) in [7, 11) is 0. The van der Waals surface area contributed by atoms with Gasteiger partial charge in [0.15, 0.2) is 17.4 Å². The molecule has 0 amide bonds. The molecule has 0 heterocycles. The average molecular weight is 421 g/mol. The molecule has 8 heavy (non-hydrogen) atoms. The van der Waals surface area contributed by atoms with Gasteiger partial charge in [-0.25, -0.2) is 0 Å². The fourth-order valence-corrected chi connectivity index (χ4v) is 0. The van der Waals surface area contributed by atoms with Crippen molar-refractivity contribution in [2.45, 2.75) is 0 Å². The minimum Gasteiger partial charge on any atom is 0 e. The van der Waals surface area contributed by atoms with Gasteiger partial charge in [0, 0.05) is 119 Å². The molecule has 0 atom stereocenters. The smallest absolute Gasteiger partial charge is 0 e. The molecule has 0 unspecified atom stereocenters. The fraction of sp³-hybridized carbons (Fsp3) is 0. The van der Waals surface area contributed by atoms with E-state index in [1.165, 1.54) is 0 Å². The van der Waals surface area contributed by atoms with Gasteiger partial charge in [-0.1, -0.05) is 0 Å². The van der Waals surface area contributed by atoms with Gasteiger partial charge in [-0.3, -0.25) is 0 Å². The molecule has 0 fully saturated rings. The van der Waals surface area contributed by atoms with E-state index < -0.39 is 0 Å². The third-order valence-corrected chi connectivity index (χ3v) is 0. The second-order valence-corrected chi connectivity index (χ2v) is 0. The predicted molar refractivity (Wildman–Crippen MR) is 9.94 cm³/mol. The summed E-state index contributed by atoms with van der Waals surface area (Å²) in [5.74, 6) is 0. The first-order valence-electron chi connectivity index (χ1n) is 0. The molecule has 0 spiro atoms. The van der Waals surface area contributed by atoms with E-state index in [0.717, 1.165) is 0 Å². The molecule has 0 aliphatic carbocycles. The minimum absolute atomic E-state index is 0. The second kappa shape index (κ2) is 66.5. The summed E-state index contributed by atoms with van der Waals surface area (Å²) in [5.41, 5.74) is 0. The maximum Gasteiger partial charge on any atom is 0.187 e. The molecule has 0 aromatic heterocycles. The van der Waals surface area contributed by atoms with Crippen LogP contribution in [0, 0.1) is 0 Å². The first-order chi connectivity index (χ1) is 0. The largest absolute Gasteiger partial charge is 0.187 e. The quantitative estimate of drug-likeness (QED) is 0.432. The Kier molecular flexibility index (Phi) is 726. The third-order valence-electron chi connectivity index (χ3n) is 0. The maximum atomic E-state index is 0. The molecule has 0 nitrogen and oxygen atoms in total. The molecule has 0 aromatic rings. The van der Waals surface area contributed by atoms with Gasteiger partial charge in [0.25, 0.3) is 0 Å². The van der Waals surface area contributed by atoms with Crippen molar-refractivity contribution < 1.29 is 119 Å². The van der Waals surface area contributed by atoms with Gasteiger partial charge in [-0.05, 0) is 0 Å². The summed E-state index contributed by atoms with van der Waals surface area (Å²) < 4.78 is 0. The van der Waals surface area contributed by atoms with E-state index in [1.54, 1.807) is 0 Å². The van der Waals surface area contributed by atoms with Crippen molar-refractivity contribution in [2.75, 3.05) is 0 Å². The van der Waals surface area contributed by atoms with Crippen LogP contribution in [-0.4, -0.2) is 17.4 Å². The Labute approximate surface area is 134 Å². The Morgan fingerprint density at radius 2 is 0.250 bits per heavy atom. The van der Waals surface area contributed by atoms with Gasteiger partial charge in [0.1, 0.15) is 0 Å².